The van der Waals surface area contributed by atoms with Crippen LogP contribution in [0, 0.1) is 12.7 Å². The summed E-state index contributed by atoms with van der Waals surface area (Å²) in [5.41, 5.74) is 6.76. The fraction of sp³-hybridized carbons (Fsp3) is 0.0909. The van der Waals surface area contributed by atoms with E-state index in [9.17, 15) is 22.4 Å². The standard InChI is InChI=1S/C22H15F4N5O/c1-11-17(13-5-14-10-29-21(27)31-19(14)28-9-13)3-2-4-18(11)30-20(32)12-6-15(22(24,25)26)8-16(23)7-12/h2-10H,1H3,(H,30,32)(H2,27,28,29,31). The topological polar surface area (TPSA) is 93.8 Å². The number of alkyl halides is 3. The van der Waals surface area contributed by atoms with Crippen LogP contribution in [0.15, 0.2) is 54.9 Å². The predicted molar refractivity (Wildman–Crippen MR) is 111 cm³/mol. The van der Waals surface area contributed by atoms with Crippen molar-refractivity contribution < 1.29 is 22.4 Å². The van der Waals surface area contributed by atoms with E-state index in [4.69, 9.17) is 5.73 Å². The number of carbonyl (C=O) groups excluding carboxylic acids is 1. The minimum atomic E-state index is -4.77. The second-order valence-electron chi connectivity index (χ2n) is 7.02. The summed E-state index contributed by atoms with van der Waals surface area (Å²) in [5, 5.41) is 3.21. The molecule has 2 aromatic carbocycles. The Morgan fingerprint density at radius 3 is 2.59 bits per heavy atom. The molecular formula is C22H15F4N5O. The lowest BCUT2D eigenvalue weighted by Gasteiger charge is -2.14. The van der Waals surface area contributed by atoms with Crippen molar-refractivity contribution in [3.05, 3.63) is 77.4 Å². The number of hydrogen-bond acceptors (Lipinski definition) is 5. The van der Waals surface area contributed by atoms with Crippen molar-refractivity contribution >= 4 is 28.6 Å². The van der Waals surface area contributed by atoms with Crippen LogP contribution in [0.25, 0.3) is 22.2 Å². The lowest BCUT2D eigenvalue weighted by atomic mass is 9.99. The van der Waals surface area contributed by atoms with Crippen molar-refractivity contribution in [1.82, 2.24) is 15.0 Å². The van der Waals surface area contributed by atoms with Gasteiger partial charge in [0.1, 0.15) is 5.82 Å². The lowest BCUT2D eigenvalue weighted by molar-refractivity contribution is -0.137. The van der Waals surface area contributed by atoms with Gasteiger partial charge in [-0.3, -0.25) is 4.79 Å². The van der Waals surface area contributed by atoms with Crippen LogP contribution in [0.5, 0.6) is 0 Å². The van der Waals surface area contributed by atoms with E-state index in [1.54, 1.807) is 37.4 Å². The lowest BCUT2D eigenvalue weighted by Crippen LogP contribution is -2.15. The Labute approximate surface area is 179 Å². The van der Waals surface area contributed by atoms with E-state index in [1.807, 2.05) is 0 Å². The van der Waals surface area contributed by atoms with E-state index >= 15 is 0 Å². The molecule has 10 heteroatoms. The SMILES string of the molecule is Cc1c(NC(=O)c2cc(F)cc(C(F)(F)F)c2)cccc1-c1cnc2nc(N)ncc2c1. The molecule has 1 amide bonds. The number of benzene rings is 2. The molecule has 0 aliphatic carbocycles. The number of halogens is 4. The zero-order chi connectivity index (χ0) is 23.0. The Morgan fingerprint density at radius 1 is 1.06 bits per heavy atom. The first-order chi connectivity index (χ1) is 15.1. The molecule has 0 atom stereocenters. The number of nitrogens with two attached hydrogens (primary N) is 1. The Morgan fingerprint density at radius 2 is 1.84 bits per heavy atom. The number of aromatic nitrogens is 3. The van der Waals surface area contributed by atoms with Crippen LogP contribution in [0.3, 0.4) is 0 Å². The highest BCUT2D eigenvalue weighted by molar-refractivity contribution is 6.05. The molecule has 0 spiro atoms. The average molecular weight is 441 g/mol. The van der Waals surface area contributed by atoms with Gasteiger partial charge in [0, 0.05) is 34.6 Å². The molecule has 0 bridgehead atoms. The van der Waals surface area contributed by atoms with Gasteiger partial charge >= 0.3 is 6.18 Å². The summed E-state index contributed by atoms with van der Waals surface area (Å²) in [6, 6.07) is 8.58. The molecule has 0 unspecified atom stereocenters. The Kier molecular flexibility index (Phi) is 5.21. The molecule has 32 heavy (non-hydrogen) atoms. The van der Waals surface area contributed by atoms with Gasteiger partial charge in [0.05, 0.1) is 5.56 Å². The van der Waals surface area contributed by atoms with E-state index < -0.39 is 29.0 Å². The molecule has 2 aromatic heterocycles. The quantitative estimate of drug-likeness (QED) is 0.437. The van der Waals surface area contributed by atoms with Crippen LogP contribution in [-0.4, -0.2) is 20.9 Å². The maximum absolute atomic E-state index is 13.7. The molecule has 4 rings (SSSR count). The number of nitrogens with one attached hydrogen (secondary N) is 1. The molecule has 6 nitrogen and oxygen atoms in total. The smallest absolute Gasteiger partial charge is 0.368 e. The summed E-state index contributed by atoms with van der Waals surface area (Å²) in [7, 11) is 0. The van der Waals surface area contributed by atoms with Crippen LogP contribution < -0.4 is 11.1 Å². The number of nitrogens with zero attached hydrogens (tertiary/aromatic N) is 3. The minimum absolute atomic E-state index is 0.102. The normalized spacial score (nSPS) is 11.5. The van der Waals surface area contributed by atoms with Crippen LogP contribution >= 0.6 is 0 Å². The number of pyridine rings is 1. The molecule has 3 N–H and O–H groups in total. The van der Waals surface area contributed by atoms with Gasteiger partial charge in [0.25, 0.3) is 5.91 Å². The molecule has 0 saturated heterocycles. The predicted octanol–water partition coefficient (Wildman–Crippen LogP) is 4.99. The third-order valence-corrected chi connectivity index (χ3v) is 4.83. The summed E-state index contributed by atoms with van der Waals surface area (Å²) >= 11 is 0. The van der Waals surface area contributed by atoms with Crippen molar-refractivity contribution in [2.45, 2.75) is 13.1 Å². The average Bonchev–Trinajstić information content (AvgIpc) is 2.74. The molecule has 162 valence electrons. The highest BCUT2D eigenvalue weighted by atomic mass is 19.4. The maximum atomic E-state index is 13.7. The van der Waals surface area contributed by atoms with Gasteiger partial charge in [0.2, 0.25) is 5.95 Å². The van der Waals surface area contributed by atoms with Gasteiger partial charge in [0.15, 0.2) is 5.65 Å². The number of nitrogen functional groups attached to an aromatic ring is 1. The van der Waals surface area contributed by atoms with E-state index in [0.717, 1.165) is 11.6 Å². The first-order valence-corrected chi connectivity index (χ1v) is 9.29. The molecule has 0 aliphatic heterocycles. The van der Waals surface area contributed by atoms with E-state index in [-0.39, 0.29) is 5.95 Å². The molecular weight excluding hydrogens is 426 g/mol. The Balaban J connectivity index is 1.67. The van der Waals surface area contributed by atoms with Crippen molar-refractivity contribution in [1.29, 1.82) is 0 Å². The second-order valence-corrected chi connectivity index (χ2v) is 7.02. The number of rotatable bonds is 3. The monoisotopic (exact) mass is 441 g/mol. The molecule has 4 aromatic rings. The minimum Gasteiger partial charge on any atom is -0.368 e. The number of fused-ring (bicyclic) bond motifs is 1. The summed E-state index contributed by atoms with van der Waals surface area (Å²) in [5.74, 6) is -1.92. The maximum Gasteiger partial charge on any atom is 0.416 e. The van der Waals surface area contributed by atoms with Gasteiger partial charge in [-0.2, -0.15) is 18.2 Å². The van der Waals surface area contributed by atoms with Crippen molar-refractivity contribution in [3.63, 3.8) is 0 Å². The fourth-order valence-corrected chi connectivity index (χ4v) is 3.25. The zero-order valence-corrected chi connectivity index (χ0v) is 16.5. The van der Waals surface area contributed by atoms with Crippen LogP contribution in [-0.2, 0) is 6.18 Å². The zero-order valence-electron chi connectivity index (χ0n) is 16.5. The largest absolute Gasteiger partial charge is 0.416 e. The van der Waals surface area contributed by atoms with Gasteiger partial charge in [-0.15, -0.1) is 0 Å². The van der Waals surface area contributed by atoms with Crippen molar-refractivity contribution in [2.75, 3.05) is 11.1 Å². The van der Waals surface area contributed by atoms with Crippen LogP contribution in [0.4, 0.5) is 29.2 Å². The number of carbonyl (C=O) groups is 1. The summed E-state index contributed by atoms with van der Waals surface area (Å²) in [4.78, 5) is 24.8. The number of amides is 1. The van der Waals surface area contributed by atoms with Gasteiger partial charge in [-0.1, -0.05) is 12.1 Å². The van der Waals surface area contributed by atoms with Gasteiger partial charge in [-0.05, 0) is 48.4 Å². The fourth-order valence-electron chi connectivity index (χ4n) is 3.25. The molecule has 0 saturated carbocycles. The molecule has 0 radical (unpaired) electrons. The molecule has 0 fully saturated rings. The number of hydrogen-bond donors (Lipinski definition) is 2. The third kappa shape index (κ3) is 4.20. The van der Waals surface area contributed by atoms with Crippen molar-refractivity contribution in [2.24, 2.45) is 0 Å². The number of anilines is 2. The highest BCUT2D eigenvalue weighted by Crippen LogP contribution is 2.32. The summed E-state index contributed by atoms with van der Waals surface area (Å²) < 4.78 is 52.5. The third-order valence-electron chi connectivity index (χ3n) is 4.83. The van der Waals surface area contributed by atoms with Crippen molar-refractivity contribution in [3.8, 4) is 11.1 Å². The van der Waals surface area contributed by atoms with E-state index in [1.165, 1.54) is 6.20 Å². The Bertz CT molecular complexity index is 1350. The van der Waals surface area contributed by atoms with Crippen LogP contribution in [0.1, 0.15) is 21.5 Å². The van der Waals surface area contributed by atoms with Gasteiger partial charge in [-0.25, -0.2) is 14.4 Å². The first-order valence-electron chi connectivity index (χ1n) is 9.29. The summed E-state index contributed by atoms with van der Waals surface area (Å²) in [6.07, 6.45) is -1.65. The van der Waals surface area contributed by atoms with E-state index in [0.29, 0.717) is 40.0 Å². The van der Waals surface area contributed by atoms with E-state index in [2.05, 4.69) is 20.3 Å². The summed E-state index contributed by atoms with van der Waals surface area (Å²) in [6.45, 7) is 1.74. The van der Waals surface area contributed by atoms with Gasteiger partial charge < -0.3 is 11.1 Å². The molecule has 2 heterocycles. The molecule has 0 aliphatic rings. The Hall–Kier alpha value is -4.08. The first kappa shape index (κ1) is 21.2. The van der Waals surface area contributed by atoms with Crippen LogP contribution in [0.2, 0.25) is 0 Å². The highest BCUT2D eigenvalue weighted by Gasteiger charge is 2.32. The second kappa shape index (κ2) is 7.88.